The van der Waals surface area contributed by atoms with Gasteiger partial charge in [0.15, 0.2) is 5.00 Å². The van der Waals surface area contributed by atoms with E-state index < -0.39 is 6.10 Å². The molecule has 7 heteroatoms. The van der Waals surface area contributed by atoms with Crippen molar-refractivity contribution >= 4 is 22.0 Å². The van der Waals surface area contributed by atoms with Crippen molar-refractivity contribution < 1.29 is 10.0 Å². The minimum absolute atomic E-state index is 0.136. The Morgan fingerprint density at radius 2 is 2.30 bits per heavy atom. The number of thiophene rings is 1. The fourth-order valence-corrected chi connectivity index (χ4v) is 4.23. The van der Waals surface area contributed by atoms with Gasteiger partial charge in [-0.1, -0.05) is 0 Å². The highest BCUT2D eigenvalue weighted by atomic mass is 32.1. The number of fused-ring (bicyclic) bond motifs is 1. The van der Waals surface area contributed by atoms with Gasteiger partial charge >= 0.3 is 5.69 Å². The maximum absolute atomic E-state index is 11.2. The van der Waals surface area contributed by atoms with Gasteiger partial charge in [-0.3, -0.25) is 15.0 Å². The van der Waals surface area contributed by atoms with E-state index in [0.29, 0.717) is 15.9 Å². The van der Waals surface area contributed by atoms with Crippen molar-refractivity contribution in [2.45, 2.75) is 31.9 Å². The molecule has 20 heavy (non-hydrogen) atoms. The van der Waals surface area contributed by atoms with Crippen molar-refractivity contribution in [3.05, 3.63) is 21.1 Å². The molecule has 3 rings (SSSR count). The fraction of sp³-hybridized carbons (Fsp3) is 0.692. The molecule has 0 amide bonds. The third-order valence-electron chi connectivity index (χ3n) is 4.20. The number of hydrogen-bond acceptors (Lipinski definition) is 6. The normalized spacial score (nSPS) is 24.7. The first-order valence-corrected chi connectivity index (χ1v) is 7.83. The molecular weight excluding hydrogens is 278 g/mol. The average molecular weight is 297 g/mol. The summed E-state index contributed by atoms with van der Waals surface area (Å²) in [6.45, 7) is 5.47. The van der Waals surface area contributed by atoms with E-state index in [1.54, 1.807) is 6.92 Å². The van der Waals surface area contributed by atoms with Crippen LogP contribution in [-0.4, -0.2) is 47.2 Å². The monoisotopic (exact) mass is 297 g/mol. The fourth-order valence-electron chi connectivity index (χ4n) is 3.13. The zero-order valence-corrected chi connectivity index (χ0v) is 12.3. The summed E-state index contributed by atoms with van der Waals surface area (Å²) in [4.78, 5) is 16.2. The minimum atomic E-state index is -0.653. The Balaban J connectivity index is 1.87. The maximum atomic E-state index is 11.2. The van der Waals surface area contributed by atoms with E-state index >= 15 is 0 Å². The van der Waals surface area contributed by atoms with Crippen LogP contribution in [0.2, 0.25) is 0 Å². The standard InChI is InChI=1S/C13H19N3O3S/c1-9(17)12-7-11(16(18)19)13(20-12)15-6-5-14-4-2-3-10(14)8-15/h7,9-10,17H,2-6,8H2,1H3. The van der Waals surface area contributed by atoms with Gasteiger partial charge in [-0.15, -0.1) is 11.3 Å². The molecule has 2 aliphatic rings. The van der Waals surface area contributed by atoms with Crippen LogP contribution in [0.4, 0.5) is 10.7 Å². The lowest BCUT2D eigenvalue weighted by molar-refractivity contribution is -0.383. The summed E-state index contributed by atoms with van der Waals surface area (Å²) in [5, 5.41) is 21.6. The number of aliphatic hydroxyl groups is 1. The number of piperazine rings is 1. The molecule has 0 saturated carbocycles. The first kappa shape index (κ1) is 13.8. The van der Waals surface area contributed by atoms with Crippen LogP contribution < -0.4 is 4.90 Å². The van der Waals surface area contributed by atoms with Crippen LogP contribution in [0.3, 0.4) is 0 Å². The van der Waals surface area contributed by atoms with Crippen LogP contribution in [0.15, 0.2) is 6.07 Å². The Kier molecular flexibility index (Phi) is 3.66. The largest absolute Gasteiger partial charge is 0.388 e. The number of rotatable bonds is 3. The van der Waals surface area contributed by atoms with Gasteiger partial charge in [0.1, 0.15) is 0 Å². The quantitative estimate of drug-likeness (QED) is 0.682. The molecule has 2 unspecified atom stereocenters. The smallest absolute Gasteiger partial charge is 0.304 e. The molecule has 2 fully saturated rings. The van der Waals surface area contributed by atoms with Crippen molar-refractivity contribution in [3.63, 3.8) is 0 Å². The van der Waals surface area contributed by atoms with Gasteiger partial charge in [-0.25, -0.2) is 0 Å². The molecule has 3 heterocycles. The van der Waals surface area contributed by atoms with Crippen LogP contribution in [0, 0.1) is 10.1 Å². The SMILES string of the molecule is CC(O)c1cc([N+](=O)[O-])c(N2CCN3CCCC3C2)s1. The average Bonchev–Trinajstić information content (AvgIpc) is 3.04. The molecule has 1 N–H and O–H groups in total. The predicted molar refractivity (Wildman–Crippen MR) is 78.4 cm³/mol. The molecule has 2 aliphatic heterocycles. The lowest BCUT2D eigenvalue weighted by Gasteiger charge is -2.37. The zero-order valence-electron chi connectivity index (χ0n) is 11.5. The van der Waals surface area contributed by atoms with E-state index in [1.807, 2.05) is 0 Å². The number of nitrogens with zero attached hydrogens (tertiary/aromatic N) is 3. The van der Waals surface area contributed by atoms with Gasteiger partial charge in [0, 0.05) is 36.6 Å². The van der Waals surface area contributed by atoms with Crippen LogP contribution in [-0.2, 0) is 0 Å². The zero-order chi connectivity index (χ0) is 14.3. The minimum Gasteiger partial charge on any atom is -0.388 e. The Hall–Kier alpha value is -1.18. The van der Waals surface area contributed by atoms with E-state index in [9.17, 15) is 15.2 Å². The van der Waals surface area contributed by atoms with Crippen molar-refractivity contribution in [3.8, 4) is 0 Å². The Labute approximate surface area is 121 Å². The molecular formula is C13H19N3O3S. The van der Waals surface area contributed by atoms with E-state index in [-0.39, 0.29) is 10.6 Å². The molecule has 1 aromatic heterocycles. The van der Waals surface area contributed by atoms with Gasteiger partial charge in [0.2, 0.25) is 0 Å². The first-order chi connectivity index (χ1) is 9.56. The third-order valence-corrected chi connectivity index (χ3v) is 5.55. The van der Waals surface area contributed by atoms with Gasteiger partial charge in [0.05, 0.1) is 11.0 Å². The van der Waals surface area contributed by atoms with Crippen molar-refractivity contribution in [1.29, 1.82) is 0 Å². The van der Waals surface area contributed by atoms with Gasteiger partial charge < -0.3 is 10.0 Å². The van der Waals surface area contributed by atoms with Gasteiger partial charge in [-0.05, 0) is 26.3 Å². The second-order valence-electron chi connectivity index (χ2n) is 5.55. The summed E-state index contributed by atoms with van der Waals surface area (Å²) in [6, 6.07) is 2.05. The Morgan fingerprint density at radius 1 is 1.50 bits per heavy atom. The van der Waals surface area contributed by atoms with Crippen LogP contribution in [0.5, 0.6) is 0 Å². The number of hydrogen-bond donors (Lipinski definition) is 1. The molecule has 0 spiro atoms. The predicted octanol–water partition coefficient (Wildman–Crippen LogP) is 1.99. The molecule has 1 aromatic rings. The maximum Gasteiger partial charge on any atom is 0.304 e. The summed E-state index contributed by atoms with van der Waals surface area (Å²) in [5.41, 5.74) is 0.136. The molecule has 0 aromatic carbocycles. The van der Waals surface area contributed by atoms with Gasteiger partial charge in [0.25, 0.3) is 0 Å². The molecule has 6 nitrogen and oxygen atoms in total. The summed E-state index contributed by atoms with van der Waals surface area (Å²) in [7, 11) is 0. The van der Waals surface area contributed by atoms with Crippen molar-refractivity contribution in [2.24, 2.45) is 0 Å². The molecule has 2 atom stereocenters. The molecule has 0 bridgehead atoms. The van der Waals surface area contributed by atoms with Crippen molar-refractivity contribution in [1.82, 2.24) is 4.90 Å². The topological polar surface area (TPSA) is 69.8 Å². The highest BCUT2D eigenvalue weighted by Gasteiger charge is 2.34. The summed E-state index contributed by atoms with van der Waals surface area (Å²) >= 11 is 1.35. The number of aliphatic hydroxyl groups excluding tert-OH is 1. The van der Waals surface area contributed by atoms with E-state index in [1.165, 1.54) is 30.2 Å². The second kappa shape index (κ2) is 5.31. The van der Waals surface area contributed by atoms with Gasteiger partial charge in [-0.2, -0.15) is 0 Å². The summed E-state index contributed by atoms with van der Waals surface area (Å²) in [6.07, 6.45) is 1.75. The van der Waals surface area contributed by atoms with E-state index in [0.717, 1.165) is 26.2 Å². The highest BCUT2D eigenvalue weighted by Crippen LogP contribution is 2.41. The summed E-state index contributed by atoms with van der Waals surface area (Å²) < 4.78 is 0. The van der Waals surface area contributed by atoms with Crippen LogP contribution in [0.1, 0.15) is 30.7 Å². The summed E-state index contributed by atoms with van der Waals surface area (Å²) in [5.74, 6) is 0. The Morgan fingerprint density at radius 3 is 3.00 bits per heavy atom. The first-order valence-electron chi connectivity index (χ1n) is 7.01. The molecule has 0 radical (unpaired) electrons. The van der Waals surface area contributed by atoms with E-state index in [4.69, 9.17) is 0 Å². The van der Waals surface area contributed by atoms with Crippen molar-refractivity contribution in [2.75, 3.05) is 31.1 Å². The van der Waals surface area contributed by atoms with Crippen LogP contribution in [0.25, 0.3) is 0 Å². The lowest BCUT2D eigenvalue weighted by Crippen LogP contribution is -2.50. The van der Waals surface area contributed by atoms with Crippen LogP contribution >= 0.6 is 11.3 Å². The highest BCUT2D eigenvalue weighted by molar-refractivity contribution is 7.16. The Bertz CT molecular complexity index is 517. The molecule has 0 aliphatic carbocycles. The number of nitro groups is 1. The second-order valence-corrected chi connectivity index (χ2v) is 6.61. The lowest BCUT2D eigenvalue weighted by atomic mass is 10.1. The van der Waals surface area contributed by atoms with E-state index in [2.05, 4.69) is 9.80 Å². The molecule has 2 saturated heterocycles. The third kappa shape index (κ3) is 2.41. The number of anilines is 1. The molecule has 110 valence electrons.